The highest BCUT2D eigenvalue weighted by Crippen LogP contribution is 2.23. The van der Waals surface area contributed by atoms with E-state index in [0.717, 1.165) is 46.8 Å². The molecular formula is C28H31Cl2N3O2. The molecule has 7 heteroatoms. The number of benzene rings is 3. The number of anilines is 1. The van der Waals surface area contributed by atoms with Gasteiger partial charge in [-0.05, 0) is 59.9 Å². The van der Waals surface area contributed by atoms with Gasteiger partial charge in [-0.15, -0.1) is 23.2 Å². The van der Waals surface area contributed by atoms with Crippen LogP contribution in [0.2, 0.25) is 0 Å². The summed E-state index contributed by atoms with van der Waals surface area (Å²) in [4.78, 5) is 15.3. The van der Waals surface area contributed by atoms with Crippen LogP contribution in [0, 0.1) is 6.92 Å². The predicted octanol–water partition coefficient (Wildman–Crippen LogP) is 5.76. The molecule has 3 aromatic rings. The molecule has 0 aliphatic rings. The Morgan fingerprint density at radius 1 is 1.03 bits per heavy atom. The van der Waals surface area contributed by atoms with Crippen LogP contribution in [-0.4, -0.2) is 44.1 Å². The molecule has 3 rings (SSSR count). The lowest BCUT2D eigenvalue weighted by atomic mass is 9.91. The molecule has 0 bridgehead atoms. The lowest BCUT2D eigenvalue weighted by Gasteiger charge is -2.23. The van der Waals surface area contributed by atoms with Gasteiger partial charge in [-0.25, -0.2) is 5.43 Å². The van der Waals surface area contributed by atoms with Gasteiger partial charge in [0.15, 0.2) is 0 Å². The Hall–Kier alpha value is -3.02. The standard InChI is InChI=1S/C28H31Cl2N3O2/c1-21-18-25(33(16-14-29)17-15-30)11-10-24(21)20-31-32-28(34)27(23-6-4-3-5-7-23)19-22-8-12-26(35-2)13-9-22/h3-13,18,20,27H,14-17,19H2,1-2H3,(H,32,34)/b31-20-. The second kappa shape index (κ2) is 13.8. The van der Waals surface area contributed by atoms with Crippen LogP contribution in [0.25, 0.3) is 0 Å². The first kappa shape index (κ1) is 26.6. The van der Waals surface area contributed by atoms with E-state index in [2.05, 4.69) is 21.5 Å². The molecule has 0 saturated heterocycles. The van der Waals surface area contributed by atoms with Crippen LogP contribution in [0.15, 0.2) is 77.9 Å². The summed E-state index contributed by atoms with van der Waals surface area (Å²) >= 11 is 11.9. The lowest BCUT2D eigenvalue weighted by Crippen LogP contribution is -2.27. The number of hydrogen-bond donors (Lipinski definition) is 1. The second-order valence-corrected chi connectivity index (χ2v) is 8.91. The van der Waals surface area contributed by atoms with Crippen molar-refractivity contribution in [2.75, 3.05) is 36.9 Å². The zero-order chi connectivity index (χ0) is 25.0. The van der Waals surface area contributed by atoms with Crippen molar-refractivity contribution in [3.8, 4) is 5.75 Å². The van der Waals surface area contributed by atoms with Gasteiger partial charge < -0.3 is 9.64 Å². The van der Waals surface area contributed by atoms with E-state index < -0.39 is 0 Å². The molecule has 1 unspecified atom stereocenters. The summed E-state index contributed by atoms with van der Waals surface area (Å²) in [5.74, 6) is 1.32. The molecule has 1 amide bonds. The minimum Gasteiger partial charge on any atom is -0.497 e. The third-order valence-electron chi connectivity index (χ3n) is 5.82. The van der Waals surface area contributed by atoms with E-state index in [4.69, 9.17) is 27.9 Å². The highest BCUT2D eigenvalue weighted by atomic mass is 35.5. The molecular weight excluding hydrogens is 481 g/mol. The number of methoxy groups -OCH3 is 1. The van der Waals surface area contributed by atoms with Crippen LogP contribution in [0.4, 0.5) is 5.69 Å². The Labute approximate surface area is 217 Å². The zero-order valence-electron chi connectivity index (χ0n) is 20.1. The topological polar surface area (TPSA) is 53.9 Å². The number of rotatable bonds is 12. The van der Waals surface area contributed by atoms with Crippen molar-refractivity contribution >= 4 is 41.0 Å². The summed E-state index contributed by atoms with van der Waals surface area (Å²) in [6.45, 7) is 3.47. The Bertz CT molecular complexity index is 1100. The summed E-state index contributed by atoms with van der Waals surface area (Å²) in [6.07, 6.45) is 2.24. The van der Waals surface area contributed by atoms with Crippen LogP contribution in [-0.2, 0) is 11.2 Å². The summed E-state index contributed by atoms with van der Waals surface area (Å²) in [5.41, 5.74) is 7.76. The molecule has 0 spiro atoms. The van der Waals surface area contributed by atoms with E-state index >= 15 is 0 Å². The molecule has 0 aliphatic carbocycles. The Kier molecular flexibility index (Phi) is 10.5. The van der Waals surface area contributed by atoms with Crippen LogP contribution < -0.4 is 15.1 Å². The van der Waals surface area contributed by atoms with Gasteiger partial charge in [0.2, 0.25) is 5.91 Å². The summed E-state index contributed by atoms with van der Waals surface area (Å²) in [5, 5.41) is 4.26. The number of halogens is 2. The maximum Gasteiger partial charge on any atom is 0.247 e. The average molecular weight is 512 g/mol. The molecule has 1 atom stereocenters. The van der Waals surface area contributed by atoms with Gasteiger partial charge in [-0.2, -0.15) is 5.10 Å². The predicted molar refractivity (Wildman–Crippen MR) is 146 cm³/mol. The van der Waals surface area contributed by atoms with E-state index in [0.29, 0.717) is 18.2 Å². The zero-order valence-corrected chi connectivity index (χ0v) is 21.6. The van der Waals surface area contributed by atoms with Crippen molar-refractivity contribution in [2.45, 2.75) is 19.3 Å². The van der Waals surface area contributed by atoms with Crippen LogP contribution in [0.1, 0.15) is 28.2 Å². The van der Waals surface area contributed by atoms with Crippen molar-refractivity contribution < 1.29 is 9.53 Å². The fourth-order valence-electron chi connectivity index (χ4n) is 3.86. The normalized spacial score (nSPS) is 11.9. The molecule has 0 saturated carbocycles. The maximum absolute atomic E-state index is 13.2. The average Bonchev–Trinajstić information content (AvgIpc) is 2.89. The van der Waals surface area contributed by atoms with Gasteiger partial charge in [-0.3, -0.25) is 4.79 Å². The van der Waals surface area contributed by atoms with E-state index in [1.807, 2.05) is 73.7 Å². The van der Waals surface area contributed by atoms with Crippen LogP contribution >= 0.6 is 23.2 Å². The third kappa shape index (κ3) is 7.74. The van der Waals surface area contributed by atoms with Crippen molar-refractivity contribution in [1.82, 2.24) is 5.43 Å². The molecule has 35 heavy (non-hydrogen) atoms. The lowest BCUT2D eigenvalue weighted by molar-refractivity contribution is -0.122. The fourth-order valence-corrected chi connectivity index (χ4v) is 4.27. The number of amides is 1. The van der Waals surface area contributed by atoms with Crippen LogP contribution in [0.5, 0.6) is 5.75 Å². The van der Waals surface area contributed by atoms with E-state index in [-0.39, 0.29) is 11.8 Å². The molecule has 184 valence electrons. The summed E-state index contributed by atoms with van der Waals surface area (Å²) in [6, 6.07) is 23.6. The Morgan fingerprint density at radius 3 is 2.31 bits per heavy atom. The molecule has 0 heterocycles. The number of alkyl halides is 2. The molecule has 1 N–H and O–H groups in total. The van der Waals surface area contributed by atoms with Crippen molar-refractivity contribution in [3.63, 3.8) is 0 Å². The fraction of sp³-hybridized carbons (Fsp3) is 0.286. The summed E-state index contributed by atoms with van der Waals surface area (Å²) in [7, 11) is 1.64. The van der Waals surface area contributed by atoms with Gasteiger partial charge in [0, 0.05) is 30.5 Å². The molecule has 3 aromatic carbocycles. The highest BCUT2D eigenvalue weighted by Gasteiger charge is 2.21. The first-order valence-electron chi connectivity index (χ1n) is 11.5. The number of carbonyl (C=O) groups excluding carboxylic acids is 1. The van der Waals surface area contributed by atoms with Gasteiger partial charge in [0.1, 0.15) is 5.75 Å². The monoisotopic (exact) mass is 511 g/mol. The second-order valence-electron chi connectivity index (χ2n) is 8.16. The number of hydrazone groups is 1. The quantitative estimate of drug-likeness (QED) is 0.191. The van der Waals surface area contributed by atoms with Crippen molar-refractivity contribution in [2.24, 2.45) is 5.10 Å². The van der Waals surface area contributed by atoms with Gasteiger partial charge in [0.05, 0.1) is 19.2 Å². The largest absolute Gasteiger partial charge is 0.497 e. The number of hydrogen-bond acceptors (Lipinski definition) is 4. The van der Waals surface area contributed by atoms with Gasteiger partial charge in [0.25, 0.3) is 0 Å². The van der Waals surface area contributed by atoms with E-state index in [9.17, 15) is 4.79 Å². The van der Waals surface area contributed by atoms with Gasteiger partial charge >= 0.3 is 0 Å². The molecule has 0 fully saturated rings. The number of nitrogens with zero attached hydrogens (tertiary/aromatic N) is 2. The first-order valence-corrected chi connectivity index (χ1v) is 12.6. The van der Waals surface area contributed by atoms with Gasteiger partial charge in [-0.1, -0.05) is 48.5 Å². The van der Waals surface area contributed by atoms with E-state index in [1.54, 1.807) is 13.3 Å². The summed E-state index contributed by atoms with van der Waals surface area (Å²) < 4.78 is 5.24. The number of nitrogens with one attached hydrogen (secondary N) is 1. The molecule has 0 aromatic heterocycles. The first-order chi connectivity index (χ1) is 17.0. The molecule has 0 radical (unpaired) electrons. The third-order valence-corrected chi connectivity index (χ3v) is 6.16. The maximum atomic E-state index is 13.2. The minimum absolute atomic E-state index is 0.159. The van der Waals surface area contributed by atoms with Crippen molar-refractivity contribution in [1.29, 1.82) is 0 Å². The van der Waals surface area contributed by atoms with E-state index in [1.165, 1.54) is 0 Å². The number of carbonyl (C=O) groups is 1. The SMILES string of the molecule is COc1ccc(CC(C(=O)N/N=C\c2ccc(N(CCCl)CCCl)cc2C)c2ccccc2)cc1. The molecule has 0 aliphatic heterocycles. The number of ether oxygens (including phenoxy) is 1. The Balaban J connectivity index is 1.72. The highest BCUT2D eigenvalue weighted by molar-refractivity contribution is 6.18. The minimum atomic E-state index is -0.370. The smallest absolute Gasteiger partial charge is 0.247 e. The van der Waals surface area contributed by atoms with Crippen LogP contribution in [0.3, 0.4) is 0 Å². The van der Waals surface area contributed by atoms with Crippen molar-refractivity contribution in [3.05, 3.63) is 95.1 Å². The number of aryl methyl sites for hydroxylation is 1. The Morgan fingerprint density at radius 2 is 1.71 bits per heavy atom. The molecule has 5 nitrogen and oxygen atoms in total.